The third-order valence-corrected chi connectivity index (χ3v) is 5.12. The Morgan fingerprint density at radius 3 is 2.78 bits per heavy atom. The first-order valence-corrected chi connectivity index (χ1v) is 10.0. The van der Waals surface area contributed by atoms with E-state index in [1.54, 1.807) is 18.5 Å². The van der Waals surface area contributed by atoms with Crippen molar-refractivity contribution >= 4 is 38.4 Å². The molecule has 7 nitrogen and oxygen atoms in total. The second-order valence-electron chi connectivity index (χ2n) is 5.97. The van der Waals surface area contributed by atoms with Crippen molar-refractivity contribution in [2.24, 2.45) is 0 Å². The summed E-state index contributed by atoms with van der Waals surface area (Å²) in [4.78, 5) is 27.8. The van der Waals surface area contributed by atoms with Gasteiger partial charge >= 0.3 is 0 Å². The molecule has 1 aliphatic rings. The molecule has 8 heteroatoms. The Labute approximate surface area is 162 Å². The molecule has 1 amide bonds. The number of hydrogen-bond acceptors (Lipinski definition) is 7. The number of carbonyl (C=O) groups is 1. The minimum Gasteiger partial charge on any atom is -0.391 e. The molecule has 0 aromatic carbocycles. The number of anilines is 2. The summed E-state index contributed by atoms with van der Waals surface area (Å²) in [7, 11) is 0. The highest BCUT2D eigenvalue weighted by Crippen LogP contribution is 2.30. The van der Waals surface area contributed by atoms with Crippen molar-refractivity contribution < 1.29 is 4.79 Å². The number of pyridine rings is 1. The molecular formula is C19H24N6OS. The third kappa shape index (κ3) is 4.33. The molecule has 3 aromatic rings. The van der Waals surface area contributed by atoms with Gasteiger partial charge in [-0.15, -0.1) is 11.3 Å². The zero-order valence-corrected chi connectivity index (χ0v) is 16.4. The summed E-state index contributed by atoms with van der Waals surface area (Å²) < 4.78 is 0.751. The number of fused-ring (bicyclic) bond motifs is 1. The average Bonchev–Trinajstić information content (AvgIpc) is 3.36. The lowest BCUT2D eigenvalue weighted by Gasteiger charge is -2.15. The number of hydrogen-bond donors (Lipinski definition) is 2. The van der Waals surface area contributed by atoms with Gasteiger partial charge in [-0.1, -0.05) is 19.9 Å². The zero-order chi connectivity index (χ0) is 19.2. The monoisotopic (exact) mass is 384 g/mol. The first kappa shape index (κ1) is 19.0. The average molecular weight is 385 g/mol. The highest BCUT2D eigenvalue weighted by molar-refractivity contribution is 7.22. The minimum atomic E-state index is -0.0452. The summed E-state index contributed by atoms with van der Waals surface area (Å²) in [5, 5.41) is 3.81. The SMILES string of the molecule is CC.Nc1cc2nc(NCc3cccnc3)nc(C(=O)N3CCCC3)c2s1. The molecule has 27 heavy (non-hydrogen) atoms. The lowest BCUT2D eigenvalue weighted by atomic mass is 10.3. The number of rotatable bonds is 4. The van der Waals surface area contributed by atoms with E-state index in [2.05, 4.69) is 20.3 Å². The molecule has 0 atom stereocenters. The third-order valence-electron chi connectivity index (χ3n) is 4.16. The second-order valence-corrected chi connectivity index (χ2v) is 7.06. The number of carbonyl (C=O) groups excluding carboxylic acids is 1. The summed E-state index contributed by atoms with van der Waals surface area (Å²) in [5.41, 5.74) is 8.08. The number of nitrogens with one attached hydrogen (secondary N) is 1. The van der Waals surface area contributed by atoms with Crippen molar-refractivity contribution in [2.75, 3.05) is 24.1 Å². The van der Waals surface area contributed by atoms with E-state index >= 15 is 0 Å². The first-order chi connectivity index (χ1) is 13.2. The van der Waals surface area contributed by atoms with Gasteiger partial charge in [0.15, 0.2) is 5.69 Å². The number of amides is 1. The lowest BCUT2D eigenvalue weighted by Crippen LogP contribution is -2.28. The molecule has 4 rings (SSSR count). The molecule has 142 valence electrons. The summed E-state index contributed by atoms with van der Waals surface area (Å²) in [6.45, 7) is 6.10. The number of nitrogens with two attached hydrogens (primary N) is 1. The van der Waals surface area contributed by atoms with Gasteiger partial charge in [-0.2, -0.15) is 0 Å². The molecular weight excluding hydrogens is 360 g/mol. The van der Waals surface area contributed by atoms with Gasteiger partial charge in [-0.25, -0.2) is 9.97 Å². The van der Waals surface area contributed by atoms with E-state index in [1.165, 1.54) is 11.3 Å². The normalized spacial score (nSPS) is 13.3. The maximum Gasteiger partial charge on any atom is 0.274 e. The van der Waals surface area contributed by atoms with Crippen LogP contribution >= 0.6 is 11.3 Å². The number of nitrogen functional groups attached to an aromatic ring is 1. The fraction of sp³-hybridized carbons (Fsp3) is 0.368. The highest BCUT2D eigenvalue weighted by atomic mass is 32.1. The summed E-state index contributed by atoms with van der Waals surface area (Å²) in [5.74, 6) is 0.382. The molecule has 1 saturated heterocycles. The Morgan fingerprint density at radius 1 is 1.30 bits per heavy atom. The first-order valence-electron chi connectivity index (χ1n) is 9.20. The lowest BCUT2D eigenvalue weighted by molar-refractivity contribution is 0.0789. The van der Waals surface area contributed by atoms with E-state index in [9.17, 15) is 4.79 Å². The van der Waals surface area contributed by atoms with Crippen molar-refractivity contribution in [3.8, 4) is 0 Å². The van der Waals surface area contributed by atoms with Crippen molar-refractivity contribution in [1.82, 2.24) is 19.9 Å². The molecule has 3 N–H and O–H groups in total. The molecule has 1 aliphatic heterocycles. The Kier molecular flexibility index (Phi) is 6.18. The fourth-order valence-corrected chi connectivity index (χ4v) is 3.77. The van der Waals surface area contributed by atoms with Gasteiger partial charge in [-0.3, -0.25) is 9.78 Å². The Balaban J connectivity index is 0.00000102. The Bertz CT molecular complexity index is 905. The maximum atomic E-state index is 12.9. The largest absolute Gasteiger partial charge is 0.391 e. The smallest absolute Gasteiger partial charge is 0.274 e. The van der Waals surface area contributed by atoms with Gasteiger partial charge in [0, 0.05) is 32.0 Å². The Morgan fingerprint density at radius 2 is 2.07 bits per heavy atom. The Hall–Kier alpha value is -2.74. The van der Waals surface area contributed by atoms with Crippen molar-refractivity contribution in [3.05, 3.63) is 41.9 Å². The van der Waals surface area contributed by atoms with E-state index in [4.69, 9.17) is 5.73 Å². The van der Waals surface area contributed by atoms with E-state index in [1.807, 2.05) is 30.9 Å². The number of aromatic nitrogens is 3. The predicted octanol–water partition coefficient (Wildman–Crippen LogP) is 3.54. The quantitative estimate of drug-likeness (QED) is 0.714. The van der Waals surface area contributed by atoms with Crippen molar-refractivity contribution in [2.45, 2.75) is 33.2 Å². The van der Waals surface area contributed by atoms with Crippen LogP contribution in [-0.2, 0) is 6.54 Å². The molecule has 0 aliphatic carbocycles. The molecule has 0 radical (unpaired) electrons. The molecule has 0 spiro atoms. The van der Waals surface area contributed by atoms with E-state index in [0.717, 1.165) is 36.2 Å². The summed E-state index contributed by atoms with van der Waals surface area (Å²) in [6, 6.07) is 5.64. The van der Waals surface area contributed by atoms with Gasteiger partial charge < -0.3 is 16.0 Å². The van der Waals surface area contributed by atoms with Crippen LogP contribution in [0.4, 0.5) is 10.9 Å². The van der Waals surface area contributed by atoms with Gasteiger partial charge in [0.05, 0.1) is 15.2 Å². The topological polar surface area (TPSA) is 97.0 Å². The maximum absolute atomic E-state index is 12.9. The standard InChI is InChI=1S/C17H18N6OS.C2H6/c18-13-8-12-15(25-13)14(16(24)23-6-1-2-7-23)22-17(21-12)20-10-11-4-3-5-19-9-11;1-2/h3-5,8-9H,1-2,6-7,10,18H2,(H,20,21,22);1-2H3. The fourth-order valence-electron chi connectivity index (χ4n) is 2.93. The van der Waals surface area contributed by atoms with Crippen LogP contribution in [0.5, 0.6) is 0 Å². The molecule has 1 fully saturated rings. The van der Waals surface area contributed by atoms with Crippen molar-refractivity contribution in [3.63, 3.8) is 0 Å². The van der Waals surface area contributed by atoms with E-state index < -0.39 is 0 Å². The minimum absolute atomic E-state index is 0.0452. The van der Waals surface area contributed by atoms with Crippen LogP contribution in [0, 0.1) is 0 Å². The van der Waals surface area contributed by atoms with Gasteiger partial charge in [-0.05, 0) is 30.5 Å². The number of thiophene rings is 1. The van der Waals surface area contributed by atoms with E-state index in [0.29, 0.717) is 28.7 Å². The van der Waals surface area contributed by atoms with Crippen LogP contribution in [-0.4, -0.2) is 38.8 Å². The van der Waals surface area contributed by atoms with Crippen LogP contribution < -0.4 is 11.1 Å². The van der Waals surface area contributed by atoms with Crippen LogP contribution in [0.2, 0.25) is 0 Å². The predicted molar refractivity (Wildman–Crippen MR) is 110 cm³/mol. The van der Waals surface area contributed by atoms with Crippen LogP contribution in [0.15, 0.2) is 30.6 Å². The molecule has 0 saturated carbocycles. The number of likely N-dealkylation sites (tertiary alicyclic amines) is 1. The molecule has 3 aromatic heterocycles. The van der Waals surface area contributed by atoms with Crippen LogP contribution in [0.3, 0.4) is 0 Å². The molecule has 4 heterocycles. The molecule has 0 bridgehead atoms. The van der Waals surface area contributed by atoms with Gasteiger partial charge in [0.2, 0.25) is 5.95 Å². The summed E-state index contributed by atoms with van der Waals surface area (Å²) in [6.07, 6.45) is 5.59. The van der Waals surface area contributed by atoms with Gasteiger partial charge in [0.25, 0.3) is 5.91 Å². The number of nitrogens with zero attached hydrogens (tertiary/aromatic N) is 4. The summed E-state index contributed by atoms with van der Waals surface area (Å²) >= 11 is 1.36. The van der Waals surface area contributed by atoms with Crippen LogP contribution in [0.1, 0.15) is 42.7 Å². The highest BCUT2D eigenvalue weighted by Gasteiger charge is 2.24. The second kappa shape index (κ2) is 8.77. The van der Waals surface area contributed by atoms with E-state index in [-0.39, 0.29) is 5.91 Å². The van der Waals surface area contributed by atoms with Crippen LogP contribution in [0.25, 0.3) is 10.2 Å². The zero-order valence-electron chi connectivity index (χ0n) is 15.6. The molecule has 0 unspecified atom stereocenters. The van der Waals surface area contributed by atoms with Crippen molar-refractivity contribution in [1.29, 1.82) is 0 Å². The van der Waals surface area contributed by atoms with Gasteiger partial charge in [0.1, 0.15) is 0 Å².